The zero-order valence-electron chi connectivity index (χ0n) is 9.88. The molecule has 2 heterocycles. The number of fused-ring (bicyclic) bond motifs is 1. The Hall–Kier alpha value is -1.42. The molecule has 4 heteroatoms. The molecule has 0 aromatic carbocycles. The molecule has 0 saturated carbocycles. The minimum atomic E-state index is 0.0132. The number of hydrogen-bond acceptors (Lipinski definition) is 3. The zero-order valence-corrected chi connectivity index (χ0v) is 9.88. The normalized spacial score (nSPS) is 13.6. The molecule has 0 aliphatic carbocycles. The summed E-state index contributed by atoms with van der Waals surface area (Å²) in [4.78, 5) is 4.50. The van der Waals surface area contributed by atoms with Gasteiger partial charge in [0, 0.05) is 12.1 Å². The van der Waals surface area contributed by atoms with Crippen molar-refractivity contribution in [2.45, 2.75) is 26.7 Å². The second-order valence-electron chi connectivity index (χ2n) is 4.46. The number of aromatic nitrogens is 3. The van der Waals surface area contributed by atoms with E-state index in [1.807, 2.05) is 25.3 Å². The molecule has 0 fully saturated rings. The number of pyridine rings is 1. The average Bonchev–Trinajstić information content (AvgIpc) is 2.63. The topological polar surface area (TPSA) is 50.4 Å². The number of rotatable bonds is 3. The number of aryl methyl sites for hydroxylation is 1. The predicted molar refractivity (Wildman–Crippen MR) is 62.4 cm³/mol. The molecule has 0 bridgehead atoms. The van der Waals surface area contributed by atoms with Gasteiger partial charge in [-0.15, -0.1) is 0 Å². The highest BCUT2D eigenvalue weighted by atomic mass is 16.3. The van der Waals surface area contributed by atoms with Gasteiger partial charge in [0.25, 0.3) is 0 Å². The van der Waals surface area contributed by atoms with Gasteiger partial charge in [-0.2, -0.15) is 5.10 Å². The van der Waals surface area contributed by atoms with Crippen molar-refractivity contribution in [3.63, 3.8) is 0 Å². The lowest BCUT2D eigenvalue weighted by Gasteiger charge is -2.13. The molecule has 1 N–H and O–H groups in total. The van der Waals surface area contributed by atoms with E-state index in [0.29, 0.717) is 5.92 Å². The molecule has 2 aromatic heterocycles. The summed E-state index contributed by atoms with van der Waals surface area (Å²) < 4.78 is 1.77. The number of aliphatic hydroxyl groups excluding tert-OH is 1. The fourth-order valence-electron chi connectivity index (χ4n) is 1.80. The van der Waals surface area contributed by atoms with Gasteiger partial charge in [-0.25, -0.2) is 9.50 Å². The number of nitrogens with zero attached hydrogens (tertiary/aromatic N) is 3. The quantitative estimate of drug-likeness (QED) is 0.856. The first-order chi connectivity index (χ1) is 7.63. The third-order valence-corrected chi connectivity index (χ3v) is 2.91. The maximum Gasteiger partial charge on any atom is 0.158 e. The minimum absolute atomic E-state index is 0.0132. The first-order valence-corrected chi connectivity index (χ1v) is 5.56. The monoisotopic (exact) mass is 219 g/mol. The van der Waals surface area contributed by atoms with Crippen LogP contribution in [0.5, 0.6) is 0 Å². The first-order valence-electron chi connectivity index (χ1n) is 5.56. The van der Waals surface area contributed by atoms with Crippen LogP contribution in [0.2, 0.25) is 0 Å². The minimum Gasteiger partial charge on any atom is -0.396 e. The van der Waals surface area contributed by atoms with Crippen LogP contribution in [0.4, 0.5) is 0 Å². The highest BCUT2D eigenvalue weighted by molar-refractivity contribution is 5.46. The Labute approximate surface area is 94.9 Å². The molecular weight excluding hydrogens is 202 g/mol. The smallest absolute Gasteiger partial charge is 0.158 e. The van der Waals surface area contributed by atoms with Crippen molar-refractivity contribution in [3.8, 4) is 0 Å². The second-order valence-corrected chi connectivity index (χ2v) is 4.46. The van der Waals surface area contributed by atoms with Gasteiger partial charge in [0.05, 0.1) is 6.61 Å². The highest BCUT2D eigenvalue weighted by Gasteiger charge is 2.20. The Morgan fingerprint density at radius 1 is 1.44 bits per heavy atom. The summed E-state index contributed by atoms with van der Waals surface area (Å²) in [6.07, 6.45) is 1.88. The fraction of sp³-hybridized carbons (Fsp3) is 0.500. The van der Waals surface area contributed by atoms with Gasteiger partial charge in [-0.05, 0) is 24.5 Å². The van der Waals surface area contributed by atoms with Gasteiger partial charge < -0.3 is 5.11 Å². The Morgan fingerprint density at radius 2 is 2.19 bits per heavy atom. The summed E-state index contributed by atoms with van der Waals surface area (Å²) in [5.41, 5.74) is 1.97. The summed E-state index contributed by atoms with van der Waals surface area (Å²) in [6.45, 7) is 6.24. The predicted octanol–water partition coefficient (Wildman–Crippen LogP) is 1.77. The van der Waals surface area contributed by atoms with E-state index in [1.165, 1.54) is 0 Å². The Morgan fingerprint density at radius 3 is 2.75 bits per heavy atom. The molecule has 1 unspecified atom stereocenters. The van der Waals surface area contributed by atoms with Crippen molar-refractivity contribution < 1.29 is 5.11 Å². The molecule has 1 atom stereocenters. The summed E-state index contributed by atoms with van der Waals surface area (Å²) in [5.74, 6) is 1.08. The SMILES string of the molecule is Cc1cccn2nc(C(CO)C(C)C)nc12. The Bertz CT molecular complexity index is 490. The summed E-state index contributed by atoms with van der Waals surface area (Å²) >= 11 is 0. The van der Waals surface area contributed by atoms with Gasteiger partial charge in [-0.3, -0.25) is 0 Å². The third-order valence-electron chi connectivity index (χ3n) is 2.91. The van der Waals surface area contributed by atoms with Crippen LogP contribution in [-0.4, -0.2) is 26.3 Å². The van der Waals surface area contributed by atoms with Crippen molar-refractivity contribution in [3.05, 3.63) is 29.7 Å². The van der Waals surface area contributed by atoms with Gasteiger partial charge in [0.1, 0.15) is 0 Å². The average molecular weight is 219 g/mol. The molecule has 0 spiro atoms. The lowest BCUT2D eigenvalue weighted by molar-refractivity contribution is 0.232. The second kappa shape index (κ2) is 4.22. The molecule has 2 rings (SSSR count). The van der Waals surface area contributed by atoms with Crippen LogP contribution >= 0.6 is 0 Å². The molecule has 0 saturated heterocycles. The molecule has 16 heavy (non-hydrogen) atoms. The lowest BCUT2D eigenvalue weighted by Crippen LogP contribution is -2.13. The zero-order chi connectivity index (χ0) is 11.7. The van der Waals surface area contributed by atoms with Gasteiger partial charge in [0.2, 0.25) is 0 Å². The van der Waals surface area contributed by atoms with Gasteiger partial charge >= 0.3 is 0 Å². The summed E-state index contributed by atoms with van der Waals surface area (Å²) in [7, 11) is 0. The summed E-state index contributed by atoms with van der Waals surface area (Å²) in [5, 5.41) is 13.8. The molecule has 0 aliphatic rings. The summed E-state index contributed by atoms with van der Waals surface area (Å²) in [6, 6.07) is 3.96. The van der Waals surface area contributed by atoms with E-state index in [4.69, 9.17) is 0 Å². The number of aliphatic hydroxyl groups is 1. The molecule has 0 amide bonds. The highest BCUT2D eigenvalue weighted by Crippen LogP contribution is 2.21. The van der Waals surface area contributed by atoms with Crippen molar-refractivity contribution >= 4 is 5.65 Å². The molecule has 86 valence electrons. The van der Waals surface area contributed by atoms with Crippen LogP contribution in [0.15, 0.2) is 18.3 Å². The van der Waals surface area contributed by atoms with E-state index < -0.39 is 0 Å². The maximum absolute atomic E-state index is 9.36. The molecule has 0 aliphatic heterocycles. The fourth-order valence-corrected chi connectivity index (χ4v) is 1.80. The van der Waals surface area contributed by atoms with E-state index in [1.54, 1.807) is 4.52 Å². The largest absolute Gasteiger partial charge is 0.396 e. The maximum atomic E-state index is 9.36. The van der Waals surface area contributed by atoms with Crippen molar-refractivity contribution in [1.82, 2.24) is 14.6 Å². The molecule has 4 nitrogen and oxygen atoms in total. The van der Waals surface area contributed by atoms with Gasteiger partial charge in [-0.1, -0.05) is 19.9 Å². The first kappa shape index (κ1) is 11.1. The Kier molecular flexibility index (Phi) is 2.92. The van der Waals surface area contributed by atoms with E-state index in [9.17, 15) is 5.11 Å². The lowest BCUT2D eigenvalue weighted by atomic mass is 9.96. The van der Waals surface area contributed by atoms with E-state index in [-0.39, 0.29) is 12.5 Å². The third kappa shape index (κ3) is 1.80. The van der Waals surface area contributed by atoms with Gasteiger partial charge in [0.15, 0.2) is 11.5 Å². The van der Waals surface area contributed by atoms with E-state index >= 15 is 0 Å². The standard InChI is InChI=1S/C12H17N3O/c1-8(2)10(7-16)11-13-12-9(3)5-4-6-15(12)14-11/h4-6,8,10,16H,7H2,1-3H3. The van der Waals surface area contributed by atoms with Crippen molar-refractivity contribution in [2.24, 2.45) is 5.92 Å². The van der Waals surface area contributed by atoms with Crippen molar-refractivity contribution in [2.75, 3.05) is 6.61 Å². The van der Waals surface area contributed by atoms with Crippen LogP contribution in [0.3, 0.4) is 0 Å². The number of hydrogen-bond donors (Lipinski definition) is 1. The Balaban J connectivity index is 2.50. The van der Waals surface area contributed by atoms with Crippen LogP contribution in [0.1, 0.15) is 31.2 Å². The molecule has 0 radical (unpaired) electrons. The van der Waals surface area contributed by atoms with Crippen molar-refractivity contribution in [1.29, 1.82) is 0 Å². The van der Waals surface area contributed by atoms with Crippen LogP contribution in [0, 0.1) is 12.8 Å². The molecular formula is C12H17N3O. The van der Waals surface area contributed by atoms with Crippen LogP contribution < -0.4 is 0 Å². The van der Waals surface area contributed by atoms with E-state index in [0.717, 1.165) is 17.0 Å². The van der Waals surface area contributed by atoms with Crippen LogP contribution in [-0.2, 0) is 0 Å². The van der Waals surface area contributed by atoms with E-state index in [2.05, 4.69) is 23.9 Å². The molecule has 2 aromatic rings. The van der Waals surface area contributed by atoms with Crippen LogP contribution in [0.25, 0.3) is 5.65 Å².